The molecule has 0 bridgehead atoms. The molecule has 0 aromatic heterocycles. The standard InChI is InChI=1S/C13H10Cl2N2O4S/c1-16(9-6-7-10(14)11(15)8-9)22(20,21)13-5-3-2-4-12(13)17(18)19/h2-8H,1H3. The summed E-state index contributed by atoms with van der Waals surface area (Å²) in [6.07, 6.45) is 0. The van der Waals surface area contributed by atoms with Gasteiger partial charge in [0, 0.05) is 13.1 Å². The van der Waals surface area contributed by atoms with E-state index in [0.29, 0.717) is 0 Å². The molecule has 2 aromatic carbocycles. The number of halogens is 2. The quantitative estimate of drug-likeness (QED) is 0.614. The lowest BCUT2D eigenvalue weighted by atomic mass is 10.3. The van der Waals surface area contributed by atoms with Crippen molar-refractivity contribution in [1.29, 1.82) is 0 Å². The van der Waals surface area contributed by atoms with Crippen molar-refractivity contribution in [3.63, 3.8) is 0 Å². The monoisotopic (exact) mass is 360 g/mol. The molecule has 0 radical (unpaired) electrons. The van der Waals surface area contributed by atoms with Crippen LogP contribution in [0.2, 0.25) is 10.0 Å². The number of rotatable bonds is 4. The zero-order chi connectivity index (χ0) is 16.5. The van der Waals surface area contributed by atoms with Crippen LogP contribution in [0.4, 0.5) is 11.4 Å². The molecule has 0 heterocycles. The number of nitro groups is 1. The summed E-state index contributed by atoms with van der Waals surface area (Å²) in [5.41, 5.74) is -0.248. The molecule has 116 valence electrons. The highest BCUT2D eigenvalue weighted by atomic mass is 35.5. The summed E-state index contributed by atoms with van der Waals surface area (Å²) in [6, 6.07) is 9.41. The van der Waals surface area contributed by atoms with Crippen LogP contribution in [0.15, 0.2) is 47.4 Å². The molecule has 0 saturated carbocycles. The molecule has 0 aliphatic rings. The zero-order valence-electron chi connectivity index (χ0n) is 11.2. The summed E-state index contributed by atoms with van der Waals surface area (Å²) in [6.45, 7) is 0. The van der Waals surface area contributed by atoms with Crippen LogP contribution >= 0.6 is 23.2 Å². The van der Waals surface area contributed by atoms with Crippen molar-refractivity contribution in [3.8, 4) is 0 Å². The largest absolute Gasteiger partial charge is 0.289 e. The molecular weight excluding hydrogens is 351 g/mol. The van der Waals surface area contributed by atoms with E-state index >= 15 is 0 Å². The van der Waals surface area contributed by atoms with Crippen molar-refractivity contribution in [2.75, 3.05) is 11.4 Å². The fourth-order valence-corrected chi connectivity index (χ4v) is 3.43. The molecule has 9 heteroatoms. The maximum atomic E-state index is 12.6. The topological polar surface area (TPSA) is 80.5 Å². The highest BCUT2D eigenvalue weighted by Crippen LogP contribution is 2.32. The summed E-state index contributed by atoms with van der Waals surface area (Å²) in [5, 5.41) is 11.5. The van der Waals surface area contributed by atoms with Crippen molar-refractivity contribution in [2.24, 2.45) is 0 Å². The molecule has 6 nitrogen and oxygen atoms in total. The maximum Gasteiger partial charge on any atom is 0.289 e. The van der Waals surface area contributed by atoms with Gasteiger partial charge in [0.1, 0.15) is 0 Å². The Morgan fingerprint density at radius 2 is 1.73 bits per heavy atom. The molecular formula is C13H10Cl2N2O4S. The van der Waals surface area contributed by atoms with Gasteiger partial charge in [0.05, 0.1) is 20.7 Å². The minimum Gasteiger partial charge on any atom is -0.269 e. The number of hydrogen-bond donors (Lipinski definition) is 0. The van der Waals surface area contributed by atoms with Gasteiger partial charge in [-0.25, -0.2) is 8.42 Å². The normalized spacial score (nSPS) is 11.2. The van der Waals surface area contributed by atoms with Gasteiger partial charge in [-0.3, -0.25) is 14.4 Å². The maximum absolute atomic E-state index is 12.6. The minimum atomic E-state index is -4.11. The molecule has 0 unspecified atom stereocenters. The Hall–Kier alpha value is -1.83. The second-order valence-corrected chi connectivity index (χ2v) is 7.05. The minimum absolute atomic E-state index is 0.184. The van der Waals surface area contributed by atoms with E-state index in [9.17, 15) is 18.5 Å². The highest BCUT2D eigenvalue weighted by molar-refractivity contribution is 7.93. The Morgan fingerprint density at radius 1 is 1.09 bits per heavy atom. The third kappa shape index (κ3) is 3.01. The molecule has 0 aliphatic heterocycles. The number of benzene rings is 2. The van der Waals surface area contributed by atoms with Crippen LogP contribution < -0.4 is 4.31 Å². The molecule has 0 amide bonds. The van der Waals surface area contributed by atoms with E-state index in [2.05, 4.69) is 0 Å². The van der Waals surface area contributed by atoms with Gasteiger partial charge < -0.3 is 0 Å². The van der Waals surface area contributed by atoms with Crippen molar-refractivity contribution < 1.29 is 13.3 Å². The lowest BCUT2D eigenvalue weighted by molar-refractivity contribution is -0.387. The summed E-state index contributed by atoms with van der Waals surface area (Å²) in [5.74, 6) is 0. The fraction of sp³-hybridized carbons (Fsp3) is 0.0769. The first kappa shape index (κ1) is 16.5. The van der Waals surface area contributed by atoms with Crippen molar-refractivity contribution in [2.45, 2.75) is 4.90 Å². The molecule has 0 spiro atoms. The third-order valence-corrected chi connectivity index (χ3v) is 5.54. The van der Waals surface area contributed by atoms with Crippen molar-refractivity contribution in [3.05, 3.63) is 62.6 Å². The van der Waals surface area contributed by atoms with Crippen molar-refractivity contribution >= 4 is 44.6 Å². The first-order chi connectivity index (χ1) is 10.2. The second kappa shape index (κ2) is 6.12. The number of para-hydroxylation sites is 1. The van der Waals surface area contributed by atoms with Crippen LogP contribution in [-0.2, 0) is 10.0 Å². The molecule has 0 N–H and O–H groups in total. The molecule has 22 heavy (non-hydrogen) atoms. The molecule has 0 saturated heterocycles. The number of hydrogen-bond acceptors (Lipinski definition) is 4. The summed E-state index contributed by atoms with van der Waals surface area (Å²) >= 11 is 11.7. The Bertz CT molecular complexity index is 840. The SMILES string of the molecule is CN(c1ccc(Cl)c(Cl)c1)S(=O)(=O)c1ccccc1[N+](=O)[O-]. The predicted molar refractivity (Wildman–Crippen MR) is 85.1 cm³/mol. The Morgan fingerprint density at radius 3 is 2.32 bits per heavy atom. The predicted octanol–water partition coefficient (Wildman–Crippen LogP) is 3.73. The molecule has 2 aromatic rings. The van der Waals surface area contributed by atoms with Crippen molar-refractivity contribution in [1.82, 2.24) is 0 Å². The Labute approximate surface area is 137 Å². The van der Waals surface area contributed by atoms with Gasteiger partial charge in [0.15, 0.2) is 4.90 Å². The smallest absolute Gasteiger partial charge is 0.269 e. The second-order valence-electron chi connectivity index (χ2n) is 4.30. The lowest BCUT2D eigenvalue weighted by Gasteiger charge is -2.19. The summed E-state index contributed by atoms with van der Waals surface area (Å²) in [4.78, 5) is 9.87. The van der Waals surface area contributed by atoms with Crippen LogP contribution in [0, 0.1) is 10.1 Å². The first-order valence-electron chi connectivity index (χ1n) is 5.92. The van der Waals surface area contributed by atoms with Gasteiger partial charge in [0.2, 0.25) is 0 Å². The summed E-state index contributed by atoms with van der Waals surface area (Å²) in [7, 11) is -2.82. The molecule has 0 aliphatic carbocycles. The van der Waals surface area contributed by atoms with Crippen LogP contribution in [0.25, 0.3) is 0 Å². The van der Waals surface area contributed by atoms with E-state index in [1.54, 1.807) is 0 Å². The average Bonchev–Trinajstić information content (AvgIpc) is 2.49. The van der Waals surface area contributed by atoms with Gasteiger partial charge in [-0.15, -0.1) is 0 Å². The van der Waals surface area contributed by atoms with Crippen LogP contribution in [-0.4, -0.2) is 20.4 Å². The van der Waals surface area contributed by atoms with Crippen LogP contribution in [0.1, 0.15) is 0 Å². The molecule has 0 atom stereocenters. The third-order valence-electron chi connectivity index (χ3n) is 2.97. The van der Waals surface area contributed by atoms with Gasteiger partial charge in [-0.05, 0) is 24.3 Å². The van der Waals surface area contributed by atoms with Crippen LogP contribution in [0.3, 0.4) is 0 Å². The van der Waals surface area contributed by atoms with Crippen LogP contribution in [0.5, 0.6) is 0 Å². The Balaban J connectivity index is 2.55. The number of anilines is 1. The number of sulfonamides is 1. The number of nitro benzene ring substituents is 1. The van der Waals surface area contributed by atoms with E-state index < -0.39 is 25.5 Å². The first-order valence-corrected chi connectivity index (χ1v) is 8.12. The zero-order valence-corrected chi connectivity index (χ0v) is 13.6. The van der Waals surface area contributed by atoms with E-state index in [-0.39, 0.29) is 15.7 Å². The van der Waals surface area contributed by atoms with E-state index in [1.807, 2.05) is 0 Å². The van der Waals surface area contributed by atoms with Gasteiger partial charge in [-0.2, -0.15) is 0 Å². The van der Waals surface area contributed by atoms with Gasteiger partial charge in [-0.1, -0.05) is 35.3 Å². The lowest BCUT2D eigenvalue weighted by Crippen LogP contribution is -2.27. The van der Waals surface area contributed by atoms with E-state index in [4.69, 9.17) is 23.2 Å². The van der Waals surface area contributed by atoms with E-state index in [0.717, 1.165) is 10.4 Å². The number of nitrogens with zero attached hydrogens (tertiary/aromatic N) is 2. The van der Waals surface area contributed by atoms with Gasteiger partial charge >= 0.3 is 0 Å². The highest BCUT2D eigenvalue weighted by Gasteiger charge is 2.29. The molecule has 0 fully saturated rings. The van der Waals surface area contributed by atoms with Gasteiger partial charge in [0.25, 0.3) is 15.7 Å². The Kier molecular flexibility index (Phi) is 4.60. The molecule has 2 rings (SSSR count). The summed E-state index contributed by atoms with van der Waals surface area (Å²) < 4.78 is 26.1. The van der Waals surface area contributed by atoms with E-state index in [1.165, 1.54) is 43.4 Å². The average molecular weight is 361 g/mol. The fourth-order valence-electron chi connectivity index (χ4n) is 1.79.